The maximum atomic E-state index is 11.8. The number of rotatable bonds is 4. The van der Waals surface area contributed by atoms with E-state index in [-0.39, 0.29) is 5.91 Å². The molecule has 1 N–H and O–H groups in total. The van der Waals surface area contributed by atoms with Gasteiger partial charge in [-0.15, -0.1) is 11.3 Å². The van der Waals surface area contributed by atoms with Gasteiger partial charge in [-0.3, -0.25) is 4.79 Å². The fraction of sp³-hybridized carbons (Fsp3) is 0.500. The molecule has 1 aliphatic rings. The Morgan fingerprint density at radius 2 is 2.35 bits per heavy atom. The average Bonchev–Trinajstić information content (AvgIpc) is 2.63. The molecular formula is C12H13BrN2OS. The van der Waals surface area contributed by atoms with Gasteiger partial charge >= 0.3 is 0 Å². The van der Waals surface area contributed by atoms with E-state index in [0.29, 0.717) is 19.4 Å². The van der Waals surface area contributed by atoms with Crippen LogP contribution >= 0.6 is 27.3 Å². The fourth-order valence-electron chi connectivity index (χ4n) is 1.87. The second-order valence-corrected chi connectivity index (χ2v) is 6.81. The first-order chi connectivity index (χ1) is 8.16. The largest absolute Gasteiger partial charge is 0.354 e. The monoisotopic (exact) mass is 312 g/mol. The lowest BCUT2D eigenvalue weighted by atomic mass is 9.69. The lowest BCUT2D eigenvalue weighted by Crippen LogP contribution is -2.45. The number of nitrogens with one attached hydrogen (secondary N) is 1. The Kier molecular flexibility index (Phi) is 3.85. The summed E-state index contributed by atoms with van der Waals surface area (Å²) >= 11 is 5.08. The second-order valence-electron chi connectivity index (χ2n) is 4.26. The van der Waals surface area contributed by atoms with E-state index in [2.05, 4.69) is 27.3 Å². The van der Waals surface area contributed by atoms with Crippen LogP contribution in [-0.2, 0) is 11.2 Å². The van der Waals surface area contributed by atoms with Crippen molar-refractivity contribution in [3.63, 3.8) is 0 Å². The molecule has 0 saturated heterocycles. The third-order valence-corrected chi connectivity index (χ3v) is 4.83. The van der Waals surface area contributed by atoms with Crippen LogP contribution in [0, 0.1) is 16.7 Å². The molecule has 17 heavy (non-hydrogen) atoms. The molecule has 0 atom stereocenters. The summed E-state index contributed by atoms with van der Waals surface area (Å²) in [6, 6.07) is 6.20. The molecule has 0 spiro atoms. The zero-order chi connectivity index (χ0) is 12.3. The van der Waals surface area contributed by atoms with Crippen molar-refractivity contribution in [2.75, 3.05) is 6.54 Å². The van der Waals surface area contributed by atoms with Crippen molar-refractivity contribution in [3.05, 3.63) is 20.8 Å². The van der Waals surface area contributed by atoms with Crippen molar-refractivity contribution in [1.82, 2.24) is 5.32 Å². The highest BCUT2D eigenvalue weighted by Crippen LogP contribution is 2.40. The predicted molar refractivity (Wildman–Crippen MR) is 70.6 cm³/mol. The maximum Gasteiger partial charge on any atom is 0.240 e. The van der Waals surface area contributed by atoms with Gasteiger partial charge in [0.1, 0.15) is 5.41 Å². The molecule has 1 amide bonds. The van der Waals surface area contributed by atoms with Crippen molar-refractivity contribution in [2.24, 2.45) is 5.41 Å². The molecule has 0 aliphatic heterocycles. The first kappa shape index (κ1) is 12.6. The number of carbonyl (C=O) groups excluding carboxylic acids is 1. The van der Waals surface area contributed by atoms with E-state index < -0.39 is 5.41 Å². The van der Waals surface area contributed by atoms with Gasteiger partial charge in [-0.25, -0.2) is 0 Å². The topological polar surface area (TPSA) is 52.9 Å². The summed E-state index contributed by atoms with van der Waals surface area (Å²) in [5.41, 5.74) is -0.726. The molecule has 0 aromatic carbocycles. The van der Waals surface area contributed by atoms with Crippen LogP contribution in [0.4, 0.5) is 0 Å². The Morgan fingerprint density at radius 1 is 1.59 bits per heavy atom. The Morgan fingerprint density at radius 3 is 2.82 bits per heavy atom. The van der Waals surface area contributed by atoms with Gasteiger partial charge in [0.15, 0.2) is 0 Å². The number of halogens is 1. The number of nitrogens with zero attached hydrogens (tertiary/aromatic N) is 1. The van der Waals surface area contributed by atoms with Crippen LogP contribution in [0.2, 0.25) is 0 Å². The van der Waals surface area contributed by atoms with Crippen molar-refractivity contribution >= 4 is 33.2 Å². The Labute approximate surface area is 113 Å². The molecular weight excluding hydrogens is 300 g/mol. The molecule has 0 unspecified atom stereocenters. The van der Waals surface area contributed by atoms with E-state index in [9.17, 15) is 4.79 Å². The summed E-state index contributed by atoms with van der Waals surface area (Å²) < 4.78 is 1.10. The van der Waals surface area contributed by atoms with Gasteiger partial charge in [0, 0.05) is 11.4 Å². The van der Waals surface area contributed by atoms with E-state index in [1.807, 2.05) is 12.1 Å². The van der Waals surface area contributed by atoms with Crippen LogP contribution in [0.5, 0.6) is 0 Å². The molecule has 1 saturated carbocycles. The van der Waals surface area contributed by atoms with Gasteiger partial charge < -0.3 is 5.32 Å². The van der Waals surface area contributed by atoms with Crippen LogP contribution in [0.1, 0.15) is 24.1 Å². The van der Waals surface area contributed by atoms with E-state index >= 15 is 0 Å². The van der Waals surface area contributed by atoms with Crippen LogP contribution in [0.3, 0.4) is 0 Å². The molecule has 1 heterocycles. The van der Waals surface area contributed by atoms with Crippen LogP contribution < -0.4 is 5.32 Å². The Bertz CT molecular complexity index is 459. The van der Waals surface area contributed by atoms with E-state index in [1.54, 1.807) is 11.3 Å². The normalized spacial score (nSPS) is 16.9. The number of nitriles is 1. The summed E-state index contributed by atoms with van der Waals surface area (Å²) in [4.78, 5) is 13.1. The smallest absolute Gasteiger partial charge is 0.240 e. The highest BCUT2D eigenvalue weighted by atomic mass is 79.9. The molecule has 5 heteroatoms. The van der Waals surface area contributed by atoms with Gasteiger partial charge in [-0.05, 0) is 53.7 Å². The van der Waals surface area contributed by atoms with Crippen molar-refractivity contribution < 1.29 is 4.79 Å². The fourth-order valence-corrected chi connectivity index (χ4v) is 3.36. The van der Waals surface area contributed by atoms with Crippen molar-refractivity contribution in [3.8, 4) is 6.07 Å². The quantitative estimate of drug-likeness (QED) is 0.929. The first-order valence-corrected chi connectivity index (χ1v) is 7.21. The van der Waals surface area contributed by atoms with Gasteiger partial charge in [-0.1, -0.05) is 0 Å². The lowest BCUT2D eigenvalue weighted by molar-refractivity contribution is -0.131. The highest BCUT2D eigenvalue weighted by molar-refractivity contribution is 9.11. The van der Waals surface area contributed by atoms with Crippen molar-refractivity contribution in [1.29, 1.82) is 5.26 Å². The van der Waals surface area contributed by atoms with E-state index in [4.69, 9.17) is 5.26 Å². The summed E-state index contributed by atoms with van der Waals surface area (Å²) in [6.45, 7) is 0.606. The number of amides is 1. The molecule has 0 bridgehead atoms. The Balaban J connectivity index is 1.79. The molecule has 1 aliphatic carbocycles. The van der Waals surface area contributed by atoms with Gasteiger partial charge in [-0.2, -0.15) is 5.26 Å². The summed E-state index contributed by atoms with van der Waals surface area (Å²) in [7, 11) is 0. The highest BCUT2D eigenvalue weighted by Gasteiger charge is 2.44. The number of thiophene rings is 1. The summed E-state index contributed by atoms with van der Waals surface area (Å²) in [5, 5.41) is 11.9. The SMILES string of the molecule is N#CC1(C(=O)NCCc2ccc(Br)s2)CCC1. The third-order valence-electron chi connectivity index (χ3n) is 3.14. The average molecular weight is 313 g/mol. The molecule has 2 rings (SSSR count). The van der Waals surface area contributed by atoms with Crippen LogP contribution in [0.15, 0.2) is 15.9 Å². The molecule has 1 fully saturated rings. The molecule has 1 aromatic heterocycles. The van der Waals surface area contributed by atoms with Crippen molar-refractivity contribution in [2.45, 2.75) is 25.7 Å². The number of hydrogen-bond acceptors (Lipinski definition) is 3. The van der Waals surface area contributed by atoms with E-state index in [0.717, 1.165) is 16.6 Å². The number of hydrogen-bond donors (Lipinski definition) is 1. The number of carbonyl (C=O) groups is 1. The zero-order valence-electron chi connectivity index (χ0n) is 9.33. The summed E-state index contributed by atoms with van der Waals surface area (Å²) in [5.74, 6) is -0.0955. The van der Waals surface area contributed by atoms with Gasteiger partial charge in [0.2, 0.25) is 5.91 Å². The van der Waals surface area contributed by atoms with Gasteiger partial charge in [0.05, 0.1) is 9.86 Å². The molecule has 90 valence electrons. The minimum absolute atomic E-state index is 0.0955. The standard InChI is InChI=1S/C12H13BrN2OS/c13-10-3-2-9(17-10)4-7-15-11(16)12(8-14)5-1-6-12/h2-3H,1,4-7H2,(H,15,16). The van der Waals surface area contributed by atoms with Gasteiger partial charge in [0.25, 0.3) is 0 Å². The predicted octanol–water partition coefficient (Wildman–Crippen LogP) is 2.86. The third kappa shape index (κ3) is 2.70. The molecule has 3 nitrogen and oxygen atoms in total. The molecule has 1 aromatic rings. The zero-order valence-corrected chi connectivity index (χ0v) is 11.7. The minimum Gasteiger partial charge on any atom is -0.354 e. The lowest BCUT2D eigenvalue weighted by Gasteiger charge is -2.33. The second kappa shape index (κ2) is 5.19. The van der Waals surface area contributed by atoms with Crippen LogP contribution in [0.25, 0.3) is 0 Å². The minimum atomic E-state index is -0.726. The Hall–Kier alpha value is -0.860. The maximum absolute atomic E-state index is 11.8. The van der Waals surface area contributed by atoms with Crippen LogP contribution in [-0.4, -0.2) is 12.5 Å². The molecule has 0 radical (unpaired) electrons. The summed E-state index contributed by atoms with van der Waals surface area (Å²) in [6.07, 6.45) is 3.22. The first-order valence-electron chi connectivity index (χ1n) is 5.60. The van der Waals surface area contributed by atoms with E-state index in [1.165, 1.54) is 4.88 Å².